The molecule has 2 aliphatic heterocycles. The Hall–Kier alpha value is -3.14. The van der Waals surface area contributed by atoms with Gasteiger partial charge in [-0.15, -0.1) is 0 Å². The summed E-state index contributed by atoms with van der Waals surface area (Å²) in [6.07, 6.45) is 0.360. The van der Waals surface area contributed by atoms with E-state index in [1.165, 1.54) is 17.7 Å². The molecule has 5 rings (SSSR count). The third-order valence-corrected chi connectivity index (χ3v) is 5.22. The van der Waals surface area contributed by atoms with E-state index in [4.69, 9.17) is 9.84 Å². The summed E-state index contributed by atoms with van der Waals surface area (Å²) in [5, 5.41) is 6.88. The number of para-hydroxylation sites is 1. The van der Waals surface area contributed by atoms with E-state index in [0.717, 1.165) is 34.6 Å². The molecule has 2 aliphatic rings. The molecular weight excluding hydrogens is 339 g/mol. The van der Waals surface area contributed by atoms with E-state index in [-0.39, 0.29) is 11.9 Å². The second kappa shape index (κ2) is 6.23. The molecule has 2 heterocycles. The van der Waals surface area contributed by atoms with Crippen molar-refractivity contribution in [1.82, 2.24) is 5.01 Å². The Bertz CT molecular complexity index is 1030. The molecule has 0 spiro atoms. The van der Waals surface area contributed by atoms with Crippen molar-refractivity contribution in [3.05, 3.63) is 101 Å². The van der Waals surface area contributed by atoms with E-state index >= 15 is 0 Å². The average Bonchev–Trinajstić information content (AvgIpc) is 3.13. The van der Waals surface area contributed by atoms with Crippen molar-refractivity contribution >= 4 is 5.71 Å². The molecule has 27 heavy (non-hydrogen) atoms. The number of rotatable bonds is 2. The van der Waals surface area contributed by atoms with Gasteiger partial charge in [0.05, 0.1) is 11.8 Å². The second-order valence-electron chi connectivity index (χ2n) is 7.08. The third-order valence-electron chi connectivity index (χ3n) is 5.22. The molecule has 0 amide bonds. The number of aryl methyl sites for hydroxylation is 1. The van der Waals surface area contributed by atoms with Crippen molar-refractivity contribution in [3.8, 4) is 5.75 Å². The molecular formula is C23H19FN2O. The van der Waals surface area contributed by atoms with Crippen LogP contribution < -0.4 is 4.74 Å². The van der Waals surface area contributed by atoms with Crippen LogP contribution in [0.5, 0.6) is 5.75 Å². The molecule has 2 atom stereocenters. The van der Waals surface area contributed by atoms with Crippen LogP contribution in [0, 0.1) is 12.7 Å². The first-order chi connectivity index (χ1) is 13.2. The second-order valence-corrected chi connectivity index (χ2v) is 7.08. The van der Waals surface area contributed by atoms with Crippen LogP contribution in [0.3, 0.4) is 0 Å². The minimum atomic E-state index is -0.441. The summed E-state index contributed by atoms with van der Waals surface area (Å²) >= 11 is 0. The average molecular weight is 358 g/mol. The largest absolute Gasteiger partial charge is 0.464 e. The van der Waals surface area contributed by atoms with Gasteiger partial charge in [-0.2, -0.15) is 5.10 Å². The SMILES string of the molecule is Cc1ccc(C2=NN3[C@@H](c4cccc(F)c4)Oc4ccccc4[C@@H]3C2)cc1. The molecule has 4 heteroatoms. The topological polar surface area (TPSA) is 24.8 Å². The number of benzene rings is 3. The summed E-state index contributed by atoms with van der Waals surface area (Å²) in [6, 6.07) is 23.1. The van der Waals surface area contributed by atoms with E-state index in [0.29, 0.717) is 0 Å². The molecule has 3 aromatic rings. The smallest absolute Gasteiger partial charge is 0.213 e. The molecule has 0 saturated heterocycles. The first kappa shape index (κ1) is 16.1. The van der Waals surface area contributed by atoms with Crippen molar-refractivity contribution in [1.29, 1.82) is 0 Å². The first-order valence-electron chi connectivity index (χ1n) is 9.13. The monoisotopic (exact) mass is 358 g/mol. The van der Waals surface area contributed by atoms with Gasteiger partial charge in [-0.05, 0) is 30.7 Å². The predicted molar refractivity (Wildman–Crippen MR) is 103 cm³/mol. The van der Waals surface area contributed by atoms with Crippen LogP contribution in [0.1, 0.15) is 40.9 Å². The molecule has 0 aromatic heterocycles. The van der Waals surface area contributed by atoms with Crippen LogP contribution in [0.2, 0.25) is 0 Å². The maximum atomic E-state index is 13.8. The third kappa shape index (κ3) is 2.78. The molecule has 3 aromatic carbocycles. The highest BCUT2D eigenvalue weighted by Gasteiger charge is 2.40. The molecule has 0 bridgehead atoms. The van der Waals surface area contributed by atoms with E-state index in [1.54, 1.807) is 6.07 Å². The Kier molecular flexibility index (Phi) is 3.71. The fourth-order valence-electron chi connectivity index (χ4n) is 3.83. The highest BCUT2D eigenvalue weighted by atomic mass is 19.1. The van der Waals surface area contributed by atoms with Crippen LogP contribution in [0.4, 0.5) is 4.39 Å². The van der Waals surface area contributed by atoms with Gasteiger partial charge in [0, 0.05) is 17.5 Å². The molecule has 0 unspecified atom stereocenters. The van der Waals surface area contributed by atoms with Crippen molar-refractivity contribution in [3.63, 3.8) is 0 Å². The number of hydrogen-bond donors (Lipinski definition) is 0. The number of hydrogen-bond acceptors (Lipinski definition) is 3. The predicted octanol–water partition coefficient (Wildman–Crippen LogP) is 5.38. The van der Waals surface area contributed by atoms with Crippen molar-refractivity contribution in [2.45, 2.75) is 25.6 Å². The molecule has 0 radical (unpaired) electrons. The van der Waals surface area contributed by atoms with Gasteiger partial charge in [-0.1, -0.05) is 60.2 Å². The first-order valence-corrected chi connectivity index (χ1v) is 9.13. The molecule has 0 fully saturated rings. The Morgan fingerprint density at radius 2 is 1.81 bits per heavy atom. The van der Waals surface area contributed by atoms with Crippen molar-refractivity contribution in [2.75, 3.05) is 0 Å². The van der Waals surface area contributed by atoms with Crippen LogP contribution in [0.25, 0.3) is 0 Å². The van der Waals surface area contributed by atoms with Crippen molar-refractivity contribution in [2.24, 2.45) is 5.10 Å². The Morgan fingerprint density at radius 1 is 1.00 bits per heavy atom. The Morgan fingerprint density at radius 3 is 2.63 bits per heavy atom. The lowest BCUT2D eigenvalue weighted by atomic mass is 9.95. The number of nitrogens with zero attached hydrogens (tertiary/aromatic N) is 2. The maximum absolute atomic E-state index is 13.8. The van der Waals surface area contributed by atoms with Gasteiger partial charge >= 0.3 is 0 Å². The highest BCUT2D eigenvalue weighted by molar-refractivity contribution is 6.02. The Labute approximate surface area is 157 Å². The Balaban J connectivity index is 1.60. The van der Waals surface area contributed by atoms with Crippen LogP contribution in [-0.4, -0.2) is 10.7 Å². The van der Waals surface area contributed by atoms with Gasteiger partial charge in [0.25, 0.3) is 0 Å². The lowest BCUT2D eigenvalue weighted by Gasteiger charge is -2.38. The van der Waals surface area contributed by atoms with Crippen LogP contribution in [-0.2, 0) is 0 Å². The molecule has 0 aliphatic carbocycles. The van der Waals surface area contributed by atoms with Gasteiger partial charge in [0.2, 0.25) is 6.23 Å². The van der Waals surface area contributed by atoms with Gasteiger partial charge < -0.3 is 4.74 Å². The lowest BCUT2D eigenvalue weighted by Crippen LogP contribution is -2.33. The standard InChI is InChI=1S/C23H19FN2O/c1-15-9-11-16(12-10-15)20-14-21-19-7-2-3-8-22(19)27-23(26(21)25-20)17-5-4-6-18(24)13-17/h2-13,21,23H,14H2,1H3/t21-,23+/m0/s1. The van der Waals surface area contributed by atoms with Crippen molar-refractivity contribution < 1.29 is 9.13 Å². The molecule has 134 valence electrons. The number of halogens is 1. The minimum absolute atomic E-state index is 0.0829. The fourth-order valence-corrected chi connectivity index (χ4v) is 3.83. The fraction of sp³-hybridized carbons (Fsp3) is 0.174. The summed E-state index contributed by atoms with van der Waals surface area (Å²) in [5.41, 5.74) is 5.26. The molecule has 0 N–H and O–H groups in total. The zero-order valence-electron chi connectivity index (χ0n) is 15.0. The van der Waals surface area contributed by atoms with Gasteiger partial charge in [0.15, 0.2) is 0 Å². The molecule has 3 nitrogen and oxygen atoms in total. The summed E-state index contributed by atoms with van der Waals surface area (Å²) in [7, 11) is 0. The zero-order valence-corrected chi connectivity index (χ0v) is 15.0. The van der Waals surface area contributed by atoms with Gasteiger partial charge in [0.1, 0.15) is 11.6 Å². The molecule has 0 saturated carbocycles. The quantitative estimate of drug-likeness (QED) is 0.615. The summed E-state index contributed by atoms with van der Waals surface area (Å²) in [6.45, 7) is 2.08. The summed E-state index contributed by atoms with van der Waals surface area (Å²) < 4.78 is 20.1. The summed E-state index contributed by atoms with van der Waals surface area (Å²) in [5.74, 6) is 0.571. The number of fused-ring (bicyclic) bond motifs is 3. The van der Waals surface area contributed by atoms with Gasteiger partial charge in [-0.25, -0.2) is 9.40 Å². The summed E-state index contributed by atoms with van der Waals surface area (Å²) in [4.78, 5) is 0. The minimum Gasteiger partial charge on any atom is -0.464 e. The van der Waals surface area contributed by atoms with E-state index in [2.05, 4.69) is 37.3 Å². The van der Waals surface area contributed by atoms with Crippen LogP contribution >= 0.6 is 0 Å². The normalized spacial score (nSPS) is 20.5. The zero-order chi connectivity index (χ0) is 18.4. The number of hydrazone groups is 1. The van der Waals surface area contributed by atoms with E-state index in [9.17, 15) is 4.39 Å². The van der Waals surface area contributed by atoms with Crippen LogP contribution in [0.15, 0.2) is 77.9 Å². The highest BCUT2D eigenvalue weighted by Crippen LogP contribution is 2.47. The lowest BCUT2D eigenvalue weighted by molar-refractivity contribution is -0.0192. The maximum Gasteiger partial charge on any atom is 0.213 e. The van der Waals surface area contributed by atoms with Gasteiger partial charge in [-0.3, -0.25) is 0 Å². The van der Waals surface area contributed by atoms with E-state index < -0.39 is 6.23 Å². The van der Waals surface area contributed by atoms with E-state index in [1.807, 2.05) is 29.3 Å². The number of ether oxygens (including phenoxy) is 1.